The Bertz CT molecular complexity index is 935. The minimum atomic E-state index is -0.534. The van der Waals surface area contributed by atoms with Crippen LogP contribution in [0, 0.1) is 5.82 Å². The molecule has 0 radical (unpaired) electrons. The summed E-state index contributed by atoms with van der Waals surface area (Å²) >= 11 is 12.0. The van der Waals surface area contributed by atoms with Gasteiger partial charge in [-0.2, -0.15) is 10.2 Å². The first-order valence-corrected chi connectivity index (χ1v) is 7.89. The van der Waals surface area contributed by atoms with Crippen molar-refractivity contribution in [1.82, 2.24) is 15.6 Å². The molecular formula is C17H11Cl2FN4O. The van der Waals surface area contributed by atoms with Crippen LogP contribution in [0.1, 0.15) is 16.1 Å². The SMILES string of the molecule is O=C(N/N=C/c1c(F)cccc1Cl)c1cc(-c2ccccc2Cl)n[nH]1. The van der Waals surface area contributed by atoms with Crippen molar-refractivity contribution in [2.75, 3.05) is 0 Å². The minimum absolute atomic E-state index is 0.0887. The van der Waals surface area contributed by atoms with Gasteiger partial charge in [-0.3, -0.25) is 9.89 Å². The normalized spacial score (nSPS) is 11.0. The van der Waals surface area contributed by atoms with Gasteiger partial charge in [-0.05, 0) is 24.3 Å². The molecule has 1 amide bonds. The van der Waals surface area contributed by atoms with Gasteiger partial charge in [0.15, 0.2) is 0 Å². The van der Waals surface area contributed by atoms with E-state index in [1.54, 1.807) is 24.3 Å². The van der Waals surface area contributed by atoms with E-state index in [-0.39, 0.29) is 16.3 Å². The number of rotatable bonds is 4. The van der Waals surface area contributed by atoms with Gasteiger partial charge in [0, 0.05) is 11.1 Å². The number of hydrogen-bond acceptors (Lipinski definition) is 3. The first kappa shape index (κ1) is 17.1. The summed E-state index contributed by atoms with van der Waals surface area (Å²) < 4.78 is 13.6. The lowest BCUT2D eigenvalue weighted by Gasteiger charge is -1.99. The number of aromatic nitrogens is 2. The van der Waals surface area contributed by atoms with Crippen LogP contribution in [0.5, 0.6) is 0 Å². The van der Waals surface area contributed by atoms with Crippen molar-refractivity contribution in [2.45, 2.75) is 0 Å². The first-order chi connectivity index (χ1) is 12.1. The van der Waals surface area contributed by atoms with E-state index < -0.39 is 11.7 Å². The van der Waals surface area contributed by atoms with Gasteiger partial charge in [-0.25, -0.2) is 9.82 Å². The van der Waals surface area contributed by atoms with Crippen molar-refractivity contribution in [3.05, 3.63) is 75.7 Å². The van der Waals surface area contributed by atoms with Crippen molar-refractivity contribution in [2.24, 2.45) is 5.10 Å². The second kappa shape index (κ2) is 7.46. The Morgan fingerprint density at radius 2 is 1.92 bits per heavy atom. The first-order valence-electron chi connectivity index (χ1n) is 7.14. The molecule has 0 aliphatic carbocycles. The fraction of sp³-hybridized carbons (Fsp3) is 0. The maximum Gasteiger partial charge on any atom is 0.289 e. The van der Waals surface area contributed by atoms with Crippen LogP contribution < -0.4 is 5.43 Å². The summed E-state index contributed by atoms with van der Waals surface area (Å²) in [5.74, 6) is -1.07. The Labute approximate surface area is 152 Å². The predicted octanol–water partition coefficient (Wildman–Crippen LogP) is 4.29. The summed E-state index contributed by atoms with van der Waals surface area (Å²) in [6, 6.07) is 12.9. The zero-order chi connectivity index (χ0) is 17.8. The number of benzene rings is 2. The average Bonchev–Trinajstić information content (AvgIpc) is 3.08. The molecule has 8 heteroatoms. The molecule has 0 aliphatic heterocycles. The van der Waals surface area contributed by atoms with E-state index in [2.05, 4.69) is 20.7 Å². The van der Waals surface area contributed by atoms with Crippen LogP contribution in [0.25, 0.3) is 11.3 Å². The van der Waals surface area contributed by atoms with Crippen LogP contribution in [0.3, 0.4) is 0 Å². The molecule has 0 fully saturated rings. The second-order valence-electron chi connectivity index (χ2n) is 4.98. The number of carbonyl (C=O) groups is 1. The van der Waals surface area contributed by atoms with Gasteiger partial charge in [0.25, 0.3) is 5.91 Å². The van der Waals surface area contributed by atoms with Crippen LogP contribution >= 0.6 is 23.2 Å². The average molecular weight is 377 g/mol. The standard InChI is InChI=1S/C17H11Cl2FN4O/c18-12-5-2-1-4-10(12)15-8-16(23-22-15)17(25)24-21-9-11-13(19)6-3-7-14(11)20/h1-9H,(H,22,23)(H,24,25)/b21-9+. The fourth-order valence-corrected chi connectivity index (χ4v) is 2.54. The highest BCUT2D eigenvalue weighted by Crippen LogP contribution is 2.26. The topological polar surface area (TPSA) is 70.1 Å². The monoisotopic (exact) mass is 376 g/mol. The molecule has 2 N–H and O–H groups in total. The third kappa shape index (κ3) is 3.87. The van der Waals surface area contributed by atoms with Gasteiger partial charge in [-0.1, -0.05) is 47.5 Å². The van der Waals surface area contributed by atoms with Crippen LogP contribution in [0.15, 0.2) is 53.6 Å². The smallest absolute Gasteiger partial charge is 0.272 e. The fourth-order valence-electron chi connectivity index (χ4n) is 2.09. The number of hydrazone groups is 1. The molecule has 0 saturated carbocycles. The largest absolute Gasteiger partial charge is 0.289 e. The number of hydrogen-bond donors (Lipinski definition) is 2. The lowest BCUT2D eigenvalue weighted by atomic mass is 10.1. The second-order valence-corrected chi connectivity index (χ2v) is 5.80. The number of halogens is 3. The van der Waals surface area contributed by atoms with Gasteiger partial charge < -0.3 is 0 Å². The maximum atomic E-state index is 13.6. The maximum absolute atomic E-state index is 13.6. The molecule has 2 aromatic carbocycles. The van der Waals surface area contributed by atoms with Gasteiger partial charge in [-0.15, -0.1) is 0 Å². The summed E-state index contributed by atoms with van der Waals surface area (Å²) in [7, 11) is 0. The summed E-state index contributed by atoms with van der Waals surface area (Å²) in [6.45, 7) is 0. The number of amides is 1. The Balaban J connectivity index is 1.73. The van der Waals surface area contributed by atoms with E-state index in [1.807, 2.05) is 6.07 Å². The van der Waals surface area contributed by atoms with E-state index in [1.165, 1.54) is 18.2 Å². The highest BCUT2D eigenvalue weighted by molar-refractivity contribution is 6.33. The molecule has 1 aromatic heterocycles. The molecular weight excluding hydrogens is 366 g/mol. The third-order valence-electron chi connectivity index (χ3n) is 3.33. The molecule has 0 atom stereocenters. The molecule has 3 aromatic rings. The third-order valence-corrected chi connectivity index (χ3v) is 3.99. The van der Waals surface area contributed by atoms with Crippen molar-refractivity contribution >= 4 is 35.3 Å². The summed E-state index contributed by atoms with van der Waals surface area (Å²) in [5.41, 5.74) is 3.78. The van der Waals surface area contributed by atoms with Crippen molar-refractivity contribution < 1.29 is 9.18 Å². The summed E-state index contributed by atoms with van der Waals surface area (Å²) in [6.07, 6.45) is 1.14. The predicted molar refractivity (Wildman–Crippen MR) is 95.5 cm³/mol. The summed E-state index contributed by atoms with van der Waals surface area (Å²) in [5, 5.41) is 11.1. The van der Waals surface area contributed by atoms with Gasteiger partial charge >= 0.3 is 0 Å². The van der Waals surface area contributed by atoms with Gasteiger partial charge in [0.2, 0.25) is 0 Å². The molecule has 0 spiro atoms. The number of H-pyrrole nitrogens is 1. The molecule has 5 nitrogen and oxygen atoms in total. The van der Waals surface area contributed by atoms with Crippen molar-refractivity contribution in [3.63, 3.8) is 0 Å². The Morgan fingerprint density at radius 1 is 1.16 bits per heavy atom. The molecule has 1 heterocycles. The highest BCUT2D eigenvalue weighted by atomic mass is 35.5. The molecule has 0 unspecified atom stereocenters. The van der Waals surface area contributed by atoms with Crippen LogP contribution in [-0.2, 0) is 0 Å². The van der Waals surface area contributed by atoms with Crippen molar-refractivity contribution in [1.29, 1.82) is 0 Å². The quantitative estimate of drug-likeness (QED) is 0.526. The van der Waals surface area contributed by atoms with Gasteiger partial charge in [0.05, 0.1) is 22.0 Å². The molecule has 0 bridgehead atoms. The molecule has 0 saturated heterocycles. The lowest BCUT2D eigenvalue weighted by Crippen LogP contribution is -2.18. The lowest BCUT2D eigenvalue weighted by molar-refractivity contribution is 0.0950. The van der Waals surface area contributed by atoms with Gasteiger partial charge in [0.1, 0.15) is 11.5 Å². The molecule has 25 heavy (non-hydrogen) atoms. The number of nitrogens with one attached hydrogen (secondary N) is 2. The summed E-state index contributed by atoms with van der Waals surface area (Å²) in [4.78, 5) is 12.1. The minimum Gasteiger partial charge on any atom is -0.272 e. The van der Waals surface area contributed by atoms with Crippen LogP contribution in [-0.4, -0.2) is 22.3 Å². The Kier molecular flexibility index (Phi) is 5.11. The van der Waals surface area contributed by atoms with E-state index in [0.717, 1.165) is 6.21 Å². The van der Waals surface area contributed by atoms with Crippen molar-refractivity contribution in [3.8, 4) is 11.3 Å². The number of aromatic amines is 1. The Hall–Kier alpha value is -2.70. The zero-order valence-corrected chi connectivity index (χ0v) is 14.1. The number of nitrogens with zero attached hydrogens (tertiary/aromatic N) is 2. The van der Waals surface area contributed by atoms with E-state index in [4.69, 9.17) is 23.2 Å². The zero-order valence-electron chi connectivity index (χ0n) is 12.6. The molecule has 126 valence electrons. The molecule has 3 rings (SSSR count). The molecule has 0 aliphatic rings. The van der Waals surface area contributed by atoms with E-state index >= 15 is 0 Å². The Morgan fingerprint density at radius 3 is 2.68 bits per heavy atom. The highest BCUT2D eigenvalue weighted by Gasteiger charge is 2.12. The van der Waals surface area contributed by atoms with Crippen LogP contribution in [0.2, 0.25) is 10.0 Å². The number of carbonyl (C=O) groups excluding carboxylic acids is 1. The van der Waals surface area contributed by atoms with E-state index in [9.17, 15) is 9.18 Å². The van der Waals surface area contributed by atoms with Crippen LogP contribution in [0.4, 0.5) is 4.39 Å². The van der Waals surface area contributed by atoms with E-state index in [0.29, 0.717) is 16.3 Å².